The van der Waals surface area contributed by atoms with Gasteiger partial charge in [-0.05, 0) is 0 Å². The minimum atomic E-state index is -1.70. The maximum absolute atomic E-state index is 6.40. The Morgan fingerprint density at radius 3 is 1.91 bits per heavy atom. The van der Waals surface area contributed by atoms with Crippen LogP contribution in [-0.4, -0.2) is 26.2 Å². The summed E-state index contributed by atoms with van der Waals surface area (Å²) in [6.07, 6.45) is 3.84. The van der Waals surface area contributed by atoms with Crippen LogP contribution in [0.3, 0.4) is 0 Å². The van der Waals surface area contributed by atoms with Crippen LogP contribution in [0.25, 0.3) is 0 Å². The zero-order valence-corrected chi connectivity index (χ0v) is 10.2. The van der Waals surface area contributed by atoms with E-state index in [9.17, 15) is 0 Å². The topological polar surface area (TPSA) is 0 Å². The van der Waals surface area contributed by atoms with E-state index in [1.165, 1.54) is 19.0 Å². The average Bonchev–Trinajstić information content (AvgIpc) is 1.56. The summed E-state index contributed by atoms with van der Waals surface area (Å²) in [6, 6.07) is 0. The molecule has 0 saturated carbocycles. The Morgan fingerprint density at radius 1 is 1.18 bits per heavy atom. The van der Waals surface area contributed by atoms with Crippen molar-refractivity contribution in [2.24, 2.45) is 5.92 Å². The van der Waals surface area contributed by atoms with E-state index < -0.39 is 5.96 Å². The number of halogens is 1. The molecule has 0 aliphatic heterocycles. The summed E-state index contributed by atoms with van der Waals surface area (Å²) in [5.74, 6) is -0.880. The van der Waals surface area contributed by atoms with Gasteiger partial charge >= 0.3 is 76.0 Å². The number of rotatable bonds is 4. The molecule has 0 amide bonds. The second-order valence-electron chi connectivity index (χ2n) is 5.18. The van der Waals surface area contributed by atoms with E-state index in [0.717, 1.165) is 5.92 Å². The zero-order valence-electron chi connectivity index (χ0n) is 8.52. The summed E-state index contributed by atoms with van der Waals surface area (Å²) in [5, 5.41) is 0. The average molecular weight is 197 g/mol. The van der Waals surface area contributed by atoms with Crippen LogP contribution in [0.4, 0.5) is 0 Å². The van der Waals surface area contributed by atoms with Crippen molar-refractivity contribution in [1.29, 1.82) is 0 Å². The van der Waals surface area contributed by atoms with E-state index in [-0.39, 0.29) is 0 Å². The van der Waals surface area contributed by atoms with Crippen molar-refractivity contribution in [2.45, 2.75) is 26.7 Å². The van der Waals surface area contributed by atoms with Crippen molar-refractivity contribution in [3.63, 3.8) is 0 Å². The van der Waals surface area contributed by atoms with Crippen LogP contribution in [0, 0.1) is 5.92 Å². The van der Waals surface area contributed by atoms with Gasteiger partial charge in [0, 0.05) is 0 Å². The van der Waals surface area contributed by atoms with E-state index in [1.54, 1.807) is 0 Å². The molecule has 0 radical (unpaired) electrons. The summed E-state index contributed by atoms with van der Waals surface area (Å²) in [6.45, 7) is 11.2. The van der Waals surface area contributed by atoms with Crippen LogP contribution in [-0.2, 0) is 0 Å². The van der Waals surface area contributed by atoms with Crippen molar-refractivity contribution in [3.05, 3.63) is 0 Å². The molecule has 2 heteroatoms. The molecule has 0 nitrogen and oxygen atoms in total. The molecule has 11 heavy (non-hydrogen) atoms. The molecule has 0 bridgehead atoms. The van der Waals surface area contributed by atoms with Crippen molar-refractivity contribution >= 4 is 17.2 Å². The van der Waals surface area contributed by atoms with Gasteiger partial charge in [-0.25, -0.2) is 0 Å². The van der Waals surface area contributed by atoms with E-state index in [0.29, 0.717) is 0 Å². The van der Waals surface area contributed by atoms with E-state index in [2.05, 4.69) is 33.8 Å². The zero-order chi connectivity index (χ0) is 9.15. The predicted molar refractivity (Wildman–Crippen MR) is 59.5 cm³/mol. The van der Waals surface area contributed by atoms with Crippen LogP contribution < -0.4 is 0 Å². The molecule has 0 aromatic carbocycles. The molecule has 0 rings (SSSR count). The Hall–Kier alpha value is 0.720. The third kappa shape index (κ3) is 10.7. The SMILES string of the molecule is CC(C)CCCP(C)(C)(C)Cl. The van der Waals surface area contributed by atoms with Gasteiger partial charge in [0.05, 0.1) is 0 Å². The molecular weight excluding hydrogens is 175 g/mol. The molecule has 0 aromatic rings. The molecule has 0 aliphatic rings. The Labute approximate surface area is 76.4 Å². The minimum absolute atomic E-state index is 0.824. The third-order valence-corrected chi connectivity index (χ3v) is 4.03. The van der Waals surface area contributed by atoms with Gasteiger partial charge < -0.3 is 0 Å². The number of hydrogen-bond acceptors (Lipinski definition) is 0. The normalized spacial score (nSPS) is 16.5. The molecule has 0 heterocycles. The second kappa shape index (κ2) is 3.62. The Kier molecular flexibility index (Phi) is 3.86. The Morgan fingerprint density at radius 2 is 1.64 bits per heavy atom. The molecule has 0 aliphatic carbocycles. The van der Waals surface area contributed by atoms with Crippen LogP contribution >= 0.6 is 17.2 Å². The van der Waals surface area contributed by atoms with E-state index in [1.807, 2.05) is 0 Å². The van der Waals surface area contributed by atoms with Crippen LogP contribution in [0.1, 0.15) is 26.7 Å². The predicted octanol–water partition coefficient (Wildman–Crippen LogP) is 4.02. The van der Waals surface area contributed by atoms with Gasteiger partial charge in [-0.3, -0.25) is 0 Å². The van der Waals surface area contributed by atoms with Gasteiger partial charge in [-0.2, -0.15) is 0 Å². The maximum atomic E-state index is 6.40. The first-order chi connectivity index (χ1) is 4.67. The van der Waals surface area contributed by atoms with Crippen LogP contribution in [0.2, 0.25) is 0 Å². The molecule has 0 fully saturated rings. The standard InChI is InChI=1S/C9H22ClP/c1-9(2)7-6-8-11(3,4,5)10/h9H,6-8H2,1-5H3. The molecule has 0 N–H and O–H groups in total. The fourth-order valence-corrected chi connectivity index (χ4v) is 2.64. The summed E-state index contributed by atoms with van der Waals surface area (Å²) in [7, 11) is 0. The van der Waals surface area contributed by atoms with Gasteiger partial charge in [0.1, 0.15) is 0 Å². The first kappa shape index (κ1) is 11.7. The van der Waals surface area contributed by atoms with E-state index >= 15 is 0 Å². The van der Waals surface area contributed by atoms with Gasteiger partial charge in [-0.15, -0.1) is 0 Å². The van der Waals surface area contributed by atoms with Gasteiger partial charge in [0.2, 0.25) is 0 Å². The van der Waals surface area contributed by atoms with Gasteiger partial charge in [-0.1, -0.05) is 0 Å². The first-order valence-corrected chi connectivity index (χ1v) is 9.06. The van der Waals surface area contributed by atoms with Crippen LogP contribution in [0.5, 0.6) is 0 Å². The van der Waals surface area contributed by atoms with Crippen molar-refractivity contribution < 1.29 is 0 Å². The van der Waals surface area contributed by atoms with Crippen LogP contribution in [0.15, 0.2) is 0 Å². The Balaban J connectivity index is 3.56. The van der Waals surface area contributed by atoms with Crippen molar-refractivity contribution in [2.75, 3.05) is 26.2 Å². The molecule has 0 saturated heterocycles. The van der Waals surface area contributed by atoms with E-state index in [4.69, 9.17) is 11.2 Å². The van der Waals surface area contributed by atoms with Crippen molar-refractivity contribution in [3.8, 4) is 0 Å². The Bertz CT molecular complexity index is 112. The monoisotopic (exact) mass is 196 g/mol. The fraction of sp³-hybridized carbons (Fsp3) is 1.00. The molecule has 0 spiro atoms. The molecule has 0 atom stereocenters. The summed E-state index contributed by atoms with van der Waals surface area (Å²) in [4.78, 5) is 0. The third-order valence-electron chi connectivity index (χ3n) is 1.69. The molecule has 0 unspecified atom stereocenters. The number of hydrogen-bond donors (Lipinski definition) is 0. The van der Waals surface area contributed by atoms with Gasteiger partial charge in [0.25, 0.3) is 0 Å². The summed E-state index contributed by atoms with van der Waals surface area (Å²) < 4.78 is 0. The summed E-state index contributed by atoms with van der Waals surface area (Å²) >= 11 is 6.40. The quantitative estimate of drug-likeness (QED) is 0.596. The second-order valence-corrected chi connectivity index (χ2v) is 15.2. The molecule has 0 aromatic heterocycles. The summed E-state index contributed by atoms with van der Waals surface area (Å²) in [5.41, 5.74) is 0. The molecule has 70 valence electrons. The van der Waals surface area contributed by atoms with Crippen molar-refractivity contribution in [1.82, 2.24) is 0 Å². The molecular formula is C9H22ClP. The first-order valence-electron chi connectivity index (χ1n) is 4.39. The fourth-order valence-electron chi connectivity index (χ4n) is 1.03. The van der Waals surface area contributed by atoms with Gasteiger partial charge in [0.15, 0.2) is 0 Å².